The van der Waals surface area contributed by atoms with Crippen molar-refractivity contribution in [1.29, 1.82) is 10.5 Å². The molecule has 1 aromatic heterocycles. The number of anilines is 3. The normalized spacial score (nSPS) is 15.4. The number of rotatable bonds is 1. The predicted molar refractivity (Wildman–Crippen MR) is 98.5 cm³/mol. The van der Waals surface area contributed by atoms with Crippen LogP contribution in [0.4, 0.5) is 34.9 Å². The first kappa shape index (κ1) is 20.2. The van der Waals surface area contributed by atoms with Crippen molar-refractivity contribution in [2.45, 2.75) is 12.2 Å². The molecule has 2 heterocycles. The van der Waals surface area contributed by atoms with Crippen LogP contribution >= 0.6 is 15.9 Å². The topological polar surface area (TPSA) is 149 Å². The summed E-state index contributed by atoms with van der Waals surface area (Å²) in [5.41, 5.74) is 9.16. The third kappa shape index (κ3) is 3.36. The molecule has 0 radical (unpaired) electrons. The summed E-state index contributed by atoms with van der Waals surface area (Å²) in [5.74, 6) is -2.14. The minimum atomic E-state index is -4.96. The van der Waals surface area contributed by atoms with E-state index in [1.807, 2.05) is 0 Å². The van der Waals surface area contributed by atoms with E-state index in [0.717, 1.165) is 6.07 Å². The standard InChI is InChI=1S/C16H9BrF4N8/c17-7-2-1-6(16(19,20)21)10(18)8(7)12-9-11(24)5(3-22)13(25)28-14(9)29-15(27-12)26-4-23/h1-2,12H,(H6,24,25,26,27,28,29). The maximum absolute atomic E-state index is 14.9. The minimum Gasteiger partial charge on any atom is -0.397 e. The Kier molecular flexibility index (Phi) is 4.94. The van der Waals surface area contributed by atoms with Gasteiger partial charge in [-0.15, -0.1) is 0 Å². The average molecular weight is 469 g/mol. The summed E-state index contributed by atoms with van der Waals surface area (Å²) in [6, 6.07) is 1.88. The van der Waals surface area contributed by atoms with Crippen molar-refractivity contribution in [2.24, 2.45) is 4.99 Å². The lowest BCUT2D eigenvalue weighted by Gasteiger charge is -2.27. The molecule has 0 saturated carbocycles. The average Bonchev–Trinajstić information content (AvgIpc) is 2.60. The van der Waals surface area contributed by atoms with E-state index in [2.05, 4.69) is 36.5 Å². The number of alkyl halides is 3. The molecule has 0 bridgehead atoms. The Bertz CT molecular complexity index is 1130. The van der Waals surface area contributed by atoms with Crippen molar-refractivity contribution in [3.8, 4) is 12.3 Å². The number of pyridine rings is 1. The van der Waals surface area contributed by atoms with Gasteiger partial charge in [-0.2, -0.15) is 23.7 Å². The maximum Gasteiger partial charge on any atom is 0.419 e. The van der Waals surface area contributed by atoms with Gasteiger partial charge in [-0.25, -0.2) is 14.4 Å². The van der Waals surface area contributed by atoms with E-state index in [0.29, 0.717) is 6.07 Å². The van der Waals surface area contributed by atoms with Crippen LogP contribution in [-0.2, 0) is 6.18 Å². The Hall–Kier alpha value is -3.58. The molecule has 1 aromatic carbocycles. The molecular formula is C16H9BrF4N8. The summed E-state index contributed by atoms with van der Waals surface area (Å²) in [6.45, 7) is 0. The van der Waals surface area contributed by atoms with E-state index < -0.39 is 29.2 Å². The summed E-state index contributed by atoms with van der Waals surface area (Å²) in [6.07, 6.45) is -3.38. The molecule has 0 aliphatic carbocycles. The van der Waals surface area contributed by atoms with E-state index in [1.54, 1.807) is 12.3 Å². The molecule has 1 aliphatic rings. The molecule has 148 valence electrons. The molecule has 3 rings (SSSR count). The van der Waals surface area contributed by atoms with Gasteiger partial charge in [0.2, 0.25) is 5.96 Å². The maximum atomic E-state index is 14.9. The van der Waals surface area contributed by atoms with Gasteiger partial charge in [0, 0.05) is 15.6 Å². The van der Waals surface area contributed by atoms with E-state index >= 15 is 0 Å². The highest BCUT2D eigenvalue weighted by molar-refractivity contribution is 9.10. The number of nitrogens with two attached hydrogens (primary N) is 2. The van der Waals surface area contributed by atoms with Crippen molar-refractivity contribution in [1.82, 2.24) is 10.3 Å². The number of aromatic nitrogens is 1. The Morgan fingerprint density at radius 2 is 1.90 bits per heavy atom. The number of nitrogen functional groups attached to an aromatic ring is 2. The number of nitriles is 2. The van der Waals surface area contributed by atoms with Crippen LogP contribution in [0.3, 0.4) is 0 Å². The van der Waals surface area contributed by atoms with Crippen LogP contribution in [0.15, 0.2) is 21.6 Å². The fourth-order valence-electron chi connectivity index (χ4n) is 2.83. The lowest BCUT2D eigenvalue weighted by Crippen LogP contribution is -2.33. The van der Waals surface area contributed by atoms with Gasteiger partial charge >= 0.3 is 6.18 Å². The number of nitrogens with zero attached hydrogens (tertiary/aromatic N) is 4. The summed E-state index contributed by atoms with van der Waals surface area (Å²) >= 11 is 3.04. The van der Waals surface area contributed by atoms with Crippen LogP contribution in [-0.4, -0.2) is 10.9 Å². The molecule has 29 heavy (non-hydrogen) atoms. The largest absolute Gasteiger partial charge is 0.419 e. The molecule has 0 fully saturated rings. The second kappa shape index (κ2) is 7.10. The lowest BCUT2D eigenvalue weighted by molar-refractivity contribution is -0.140. The summed E-state index contributed by atoms with van der Waals surface area (Å²) in [4.78, 5) is 8.02. The third-order valence-electron chi connectivity index (χ3n) is 4.06. The molecule has 1 unspecified atom stereocenters. The van der Waals surface area contributed by atoms with E-state index in [4.69, 9.17) is 16.7 Å². The van der Waals surface area contributed by atoms with Gasteiger partial charge in [0.25, 0.3) is 0 Å². The fourth-order valence-corrected chi connectivity index (χ4v) is 3.35. The Morgan fingerprint density at radius 3 is 2.48 bits per heavy atom. The number of halogens is 5. The number of fused-ring (bicyclic) bond motifs is 1. The number of guanidine groups is 1. The first-order valence-electron chi connectivity index (χ1n) is 7.64. The van der Waals surface area contributed by atoms with Gasteiger partial charge in [0.1, 0.15) is 35.1 Å². The van der Waals surface area contributed by atoms with E-state index in [1.165, 1.54) is 0 Å². The van der Waals surface area contributed by atoms with Gasteiger partial charge in [0.05, 0.1) is 11.3 Å². The molecule has 2 aromatic rings. The Balaban J connectivity index is 2.36. The molecule has 1 aliphatic heterocycles. The third-order valence-corrected chi connectivity index (χ3v) is 4.75. The highest BCUT2D eigenvalue weighted by Crippen LogP contribution is 2.45. The smallest absolute Gasteiger partial charge is 0.397 e. The molecule has 6 N–H and O–H groups in total. The monoisotopic (exact) mass is 468 g/mol. The van der Waals surface area contributed by atoms with Crippen molar-refractivity contribution in [3.63, 3.8) is 0 Å². The van der Waals surface area contributed by atoms with Crippen LogP contribution in [0.5, 0.6) is 0 Å². The fraction of sp³-hybridized carbons (Fsp3) is 0.125. The van der Waals surface area contributed by atoms with Crippen molar-refractivity contribution >= 4 is 39.2 Å². The van der Waals surface area contributed by atoms with E-state index in [9.17, 15) is 22.8 Å². The van der Waals surface area contributed by atoms with Gasteiger partial charge in [0.15, 0.2) is 6.19 Å². The van der Waals surface area contributed by atoms with Crippen LogP contribution < -0.4 is 22.1 Å². The molecular weight excluding hydrogens is 460 g/mol. The molecule has 8 nitrogen and oxygen atoms in total. The second-order valence-electron chi connectivity index (χ2n) is 5.72. The van der Waals surface area contributed by atoms with Crippen molar-refractivity contribution in [3.05, 3.63) is 44.7 Å². The number of hydrogen-bond acceptors (Lipinski definition) is 8. The Labute approximate surface area is 169 Å². The van der Waals surface area contributed by atoms with Gasteiger partial charge in [-0.05, 0) is 12.1 Å². The van der Waals surface area contributed by atoms with Crippen molar-refractivity contribution in [2.75, 3.05) is 16.8 Å². The van der Waals surface area contributed by atoms with Crippen LogP contribution in [0.1, 0.15) is 28.3 Å². The number of aliphatic imine (C=N–C) groups is 1. The minimum absolute atomic E-state index is 0.0318. The van der Waals surface area contributed by atoms with Crippen molar-refractivity contribution < 1.29 is 17.6 Å². The predicted octanol–water partition coefficient (Wildman–Crippen LogP) is 2.98. The summed E-state index contributed by atoms with van der Waals surface area (Å²) in [7, 11) is 0. The zero-order valence-corrected chi connectivity index (χ0v) is 15.7. The van der Waals surface area contributed by atoms with Crippen LogP contribution in [0.2, 0.25) is 0 Å². The second-order valence-corrected chi connectivity index (χ2v) is 6.58. The zero-order chi connectivity index (χ0) is 21.5. The van der Waals surface area contributed by atoms with E-state index in [-0.39, 0.29) is 38.9 Å². The highest BCUT2D eigenvalue weighted by Gasteiger charge is 2.39. The quantitative estimate of drug-likeness (QED) is 0.285. The van der Waals surface area contributed by atoms with Crippen LogP contribution in [0.25, 0.3) is 0 Å². The van der Waals surface area contributed by atoms with Gasteiger partial charge < -0.3 is 16.8 Å². The first-order valence-corrected chi connectivity index (χ1v) is 8.43. The molecule has 0 spiro atoms. The summed E-state index contributed by atoms with van der Waals surface area (Å²) in [5, 5.41) is 22.9. The number of hydrogen-bond donors (Lipinski definition) is 4. The zero-order valence-electron chi connectivity index (χ0n) is 14.1. The number of nitrogens with one attached hydrogen (secondary N) is 2. The molecule has 0 saturated heterocycles. The van der Waals surface area contributed by atoms with Crippen LogP contribution in [0, 0.1) is 28.6 Å². The van der Waals surface area contributed by atoms with Gasteiger partial charge in [-0.1, -0.05) is 15.9 Å². The molecule has 1 atom stereocenters. The van der Waals surface area contributed by atoms with Gasteiger partial charge in [-0.3, -0.25) is 5.32 Å². The molecule has 0 amide bonds. The first-order chi connectivity index (χ1) is 13.6. The highest BCUT2D eigenvalue weighted by atomic mass is 79.9. The summed E-state index contributed by atoms with van der Waals surface area (Å²) < 4.78 is 54.6. The Morgan fingerprint density at radius 1 is 1.21 bits per heavy atom. The molecule has 13 heteroatoms. The number of benzene rings is 1. The SMILES string of the molecule is N#CNC1=NC(c2c(Br)ccc(C(F)(F)F)c2F)c2c(nc(N)c(C#N)c2N)N1. The lowest BCUT2D eigenvalue weighted by atomic mass is 9.93.